The van der Waals surface area contributed by atoms with Crippen molar-refractivity contribution in [1.82, 2.24) is 14.8 Å². The van der Waals surface area contributed by atoms with Crippen LogP contribution in [0.5, 0.6) is 0 Å². The number of aryl methyl sites for hydroxylation is 1. The summed E-state index contributed by atoms with van der Waals surface area (Å²) in [6.45, 7) is 3.84. The Morgan fingerprint density at radius 3 is 2.85 bits per heavy atom. The number of likely N-dealkylation sites (N-methyl/N-ethyl adjacent to an activating group) is 1. The molecule has 4 heteroatoms. The van der Waals surface area contributed by atoms with Crippen LogP contribution in [0.15, 0.2) is 29.3 Å². The molecule has 2 aliphatic rings. The van der Waals surface area contributed by atoms with Crippen molar-refractivity contribution >= 4 is 5.57 Å². The van der Waals surface area contributed by atoms with E-state index in [9.17, 15) is 4.79 Å². The molecule has 1 N–H and O–H groups in total. The summed E-state index contributed by atoms with van der Waals surface area (Å²) < 4.78 is 1.71. The summed E-state index contributed by atoms with van der Waals surface area (Å²) in [5, 5.41) is 3.37. The predicted octanol–water partition coefficient (Wildman–Crippen LogP) is 1.26. The Morgan fingerprint density at radius 2 is 2.10 bits per heavy atom. The molecule has 0 saturated carbocycles. The summed E-state index contributed by atoms with van der Waals surface area (Å²) in [6, 6.07) is 0.417. The van der Waals surface area contributed by atoms with Gasteiger partial charge in [0.2, 0.25) is 0 Å². The third-order valence-corrected chi connectivity index (χ3v) is 4.29. The zero-order valence-electron chi connectivity index (χ0n) is 12.3. The smallest absolute Gasteiger partial charge is 0.253 e. The van der Waals surface area contributed by atoms with Gasteiger partial charge >= 0.3 is 0 Å². The van der Waals surface area contributed by atoms with Crippen LogP contribution in [0.2, 0.25) is 0 Å². The van der Waals surface area contributed by atoms with Gasteiger partial charge in [0.15, 0.2) is 0 Å². The summed E-state index contributed by atoms with van der Waals surface area (Å²) in [5.74, 6) is 0. The number of pyridine rings is 1. The Morgan fingerprint density at radius 1 is 1.30 bits per heavy atom. The van der Waals surface area contributed by atoms with E-state index in [1.807, 2.05) is 13.2 Å². The van der Waals surface area contributed by atoms with Gasteiger partial charge in [0.25, 0.3) is 5.56 Å². The van der Waals surface area contributed by atoms with Crippen molar-refractivity contribution in [3.05, 3.63) is 51.6 Å². The highest BCUT2D eigenvalue weighted by Gasteiger charge is 2.20. The van der Waals surface area contributed by atoms with Crippen LogP contribution >= 0.6 is 0 Å². The molecular weight excluding hydrogens is 250 g/mol. The zero-order valence-corrected chi connectivity index (χ0v) is 12.3. The molecule has 3 heterocycles. The van der Waals surface area contributed by atoms with Gasteiger partial charge < -0.3 is 14.8 Å². The number of hydrogen-bond acceptors (Lipinski definition) is 3. The zero-order chi connectivity index (χ0) is 14.3. The van der Waals surface area contributed by atoms with Crippen LogP contribution in [0.4, 0.5) is 0 Å². The first-order chi connectivity index (χ1) is 9.58. The number of nitrogens with one attached hydrogen (secondary N) is 1. The van der Waals surface area contributed by atoms with Gasteiger partial charge in [0.1, 0.15) is 0 Å². The fourth-order valence-corrected chi connectivity index (χ4v) is 2.89. The highest BCUT2D eigenvalue weighted by atomic mass is 16.1. The molecule has 0 fully saturated rings. The van der Waals surface area contributed by atoms with Crippen LogP contribution in [-0.4, -0.2) is 29.1 Å². The molecule has 1 aromatic heterocycles. The maximum Gasteiger partial charge on any atom is 0.253 e. The summed E-state index contributed by atoms with van der Waals surface area (Å²) in [5.41, 5.74) is 4.63. The molecule has 106 valence electrons. The Kier molecular flexibility index (Phi) is 3.26. The van der Waals surface area contributed by atoms with Crippen molar-refractivity contribution in [2.24, 2.45) is 7.05 Å². The van der Waals surface area contributed by atoms with Crippen molar-refractivity contribution in [3.63, 3.8) is 0 Å². The van der Waals surface area contributed by atoms with Gasteiger partial charge in [-0.3, -0.25) is 4.79 Å². The molecule has 2 aliphatic heterocycles. The lowest BCUT2D eigenvalue weighted by Gasteiger charge is -2.27. The summed E-state index contributed by atoms with van der Waals surface area (Å²) in [4.78, 5) is 14.4. The molecule has 20 heavy (non-hydrogen) atoms. The van der Waals surface area contributed by atoms with Crippen LogP contribution in [-0.2, 0) is 20.0 Å². The van der Waals surface area contributed by atoms with Crippen LogP contribution in [0.3, 0.4) is 0 Å². The van der Waals surface area contributed by atoms with E-state index in [0.717, 1.165) is 25.1 Å². The second-order valence-corrected chi connectivity index (χ2v) is 5.69. The van der Waals surface area contributed by atoms with Crippen molar-refractivity contribution < 1.29 is 0 Å². The molecule has 1 unspecified atom stereocenters. The third-order valence-electron chi connectivity index (χ3n) is 4.29. The van der Waals surface area contributed by atoms with Crippen molar-refractivity contribution in [1.29, 1.82) is 0 Å². The third kappa shape index (κ3) is 2.10. The number of fused-ring (bicyclic) bond motifs is 1. The van der Waals surface area contributed by atoms with E-state index in [4.69, 9.17) is 0 Å². The number of allylic oxidation sites excluding steroid dienone is 2. The lowest BCUT2D eigenvalue weighted by Crippen LogP contribution is -2.34. The van der Waals surface area contributed by atoms with E-state index in [2.05, 4.69) is 42.5 Å². The number of rotatable bonds is 1. The minimum absolute atomic E-state index is 0.146. The number of nitrogens with zero attached hydrogens (tertiary/aromatic N) is 2. The molecule has 0 aliphatic carbocycles. The minimum Gasteiger partial charge on any atom is -0.374 e. The van der Waals surface area contributed by atoms with Gasteiger partial charge in [-0.25, -0.2) is 0 Å². The minimum atomic E-state index is 0.146. The Bertz CT molecular complexity index is 654. The SMILES string of the molecule is CC1C=CC(c2cn(C)c(=O)c3c2CNCC3)=CN1C. The number of hydrogen-bond donors (Lipinski definition) is 1. The fraction of sp³-hybridized carbons (Fsp3) is 0.438. The van der Waals surface area contributed by atoms with Gasteiger partial charge in [-0.15, -0.1) is 0 Å². The topological polar surface area (TPSA) is 37.3 Å². The number of aromatic nitrogens is 1. The Balaban J connectivity index is 2.15. The van der Waals surface area contributed by atoms with Crippen LogP contribution in [0.25, 0.3) is 5.57 Å². The van der Waals surface area contributed by atoms with E-state index in [1.54, 1.807) is 4.57 Å². The second-order valence-electron chi connectivity index (χ2n) is 5.69. The van der Waals surface area contributed by atoms with E-state index < -0.39 is 0 Å². The maximum absolute atomic E-state index is 12.3. The lowest BCUT2D eigenvalue weighted by molar-refractivity contribution is 0.405. The molecular formula is C16H21N3O. The molecule has 1 atom stereocenters. The largest absolute Gasteiger partial charge is 0.374 e. The molecule has 0 radical (unpaired) electrons. The van der Waals surface area contributed by atoms with Crippen molar-refractivity contribution in [2.45, 2.75) is 25.9 Å². The first-order valence-electron chi connectivity index (χ1n) is 7.12. The van der Waals surface area contributed by atoms with E-state index in [-0.39, 0.29) is 5.56 Å². The fourth-order valence-electron chi connectivity index (χ4n) is 2.89. The maximum atomic E-state index is 12.3. The predicted molar refractivity (Wildman–Crippen MR) is 81.4 cm³/mol. The molecule has 3 rings (SSSR count). The van der Waals surface area contributed by atoms with Gasteiger partial charge in [-0.1, -0.05) is 12.2 Å². The molecule has 0 saturated heterocycles. The van der Waals surface area contributed by atoms with Crippen molar-refractivity contribution in [3.8, 4) is 0 Å². The van der Waals surface area contributed by atoms with Gasteiger partial charge in [0.05, 0.1) is 0 Å². The molecule has 0 aromatic carbocycles. The van der Waals surface area contributed by atoms with E-state index >= 15 is 0 Å². The monoisotopic (exact) mass is 271 g/mol. The molecule has 4 nitrogen and oxygen atoms in total. The van der Waals surface area contributed by atoms with Crippen LogP contribution in [0.1, 0.15) is 23.6 Å². The standard InChI is InChI=1S/C16H21N3O/c1-11-4-5-12(9-18(11)2)15-10-19(3)16(20)13-6-7-17-8-14(13)15/h4-5,9-11,17H,6-8H2,1-3H3. The van der Waals surface area contributed by atoms with Crippen molar-refractivity contribution in [2.75, 3.05) is 13.6 Å². The normalized spacial score (nSPS) is 21.6. The average Bonchev–Trinajstić information content (AvgIpc) is 2.46. The quantitative estimate of drug-likeness (QED) is 0.835. The second kappa shape index (κ2) is 4.94. The molecule has 0 amide bonds. The Hall–Kier alpha value is -1.81. The summed E-state index contributed by atoms with van der Waals surface area (Å²) in [6.07, 6.45) is 9.31. The average molecular weight is 271 g/mol. The van der Waals surface area contributed by atoms with E-state index in [1.165, 1.54) is 16.7 Å². The Labute approximate surface area is 119 Å². The van der Waals surface area contributed by atoms with Crippen LogP contribution < -0.4 is 10.9 Å². The molecule has 0 spiro atoms. The van der Waals surface area contributed by atoms with Gasteiger partial charge in [-0.2, -0.15) is 0 Å². The summed E-state index contributed by atoms with van der Waals surface area (Å²) >= 11 is 0. The van der Waals surface area contributed by atoms with Crippen LogP contribution in [0, 0.1) is 0 Å². The van der Waals surface area contributed by atoms with Gasteiger partial charge in [-0.05, 0) is 31.0 Å². The highest BCUT2D eigenvalue weighted by Crippen LogP contribution is 2.26. The lowest BCUT2D eigenvalue weighted by atomic mass is 9.93. The van der Waals surface area contributed by atoms with E-state index in [0.29, 0.717) is 6.04 Å². The molecule has 0 bridgehead atoms. The summed E-state index contributed by atoms with van der Waals surface area (Å²) in [7, 11) is 3.93. The van der Waals surface area contributed by atoms with Gasteiger partial charge in [0, 0.05) is 50.2 Å². The first kappa shape index (κ1) is 13.2. The highest BCUT2D eigenvalue weighted by molar-refractivity contribution is 5.77. The molecule has 1 aromatic rings. The first-order valence-corrected chi connectivity index (χ1v) is 7.12.